The molecule has 11 aromatic rings. The van der Waals surface area contributed by atoms with E-state index in [0.717, 1.165) is 99.5 Å². The van der Waals surface area contributed by atoms with Crippen molar-refractivity contribution in [2.45, 2.75) is 83.1 Å². The first-order valence-electron chi connectivity index (χ1n) is 23.2. The largest absolute Gasteiger partial charge is 0.452 e. The highest BCUT2D eigenvalue weighted by molar-refractivity contribution is 6.30. The van der Waals surface area contributed by atoms with E-state index in [2.05, 4.69) is 214 Å². The molecule has 0 aliphatic carbocycles. The van der Waals surface area contributed by atoms with Gasteiger partial charge in [-0.2, -0.15) is 0 Å². The van der Waals surface area contributed by atoms with Gasteiger partial charge in [0.2, 0.25) is 0 Å². The van der Waals surface area contributed by atoms with Crippen LogP contribution in [0.25, 0.3) is 65.4 Å². The predicted molar refractivity (Wildman–Crippen MR) is 282 cm³/mol. The summed E-state index contributed by atoms with van der Waals surface area (Å²) in [6, 6.07) is 45.2. The van der Waals surface area contributed by atoms with Crippen molar-refractivity contribution in [3.63, 3.8) is 0 Å². The van der Waals surface area contributed by atoms with Gasteiger partial charge in [-0.1, -0.05) is 48.5 Å². The highest BCUT2D eigenvalue weighted by Crippen LogP contribution is 2.50. The van der Waals surface area contributed by atoms with Crippen LogP contribution in [-0.4, -0.2) is 0 Å². The van der Waals surface area contributed by atoms with Gasteiger partial charge in [0.1, 0.15) is 11.2 Å². The average Bonchev–Trinajstić information content (AvgIpc) is 3.87. The van der Waals surface area contributed by atoms with E-state index in [-0.39, 0.29) is 0 Å². The Bertz CT molecular complexity index is 3400. The molecular formula is C62H56N2O2. The topological polar surface area (TPSA) is 32.8 Å². The van der Waals surface area contributed by atoms with E-state index >= 15 is 0 Å². The second-order valence-corrected chi connectivity index (χ2v) is 19.1. The Labute approximate surface area is 387 Å². The van der Waals surface area contributed by atoms with Crippen LogP contribution in [0.15, 0.2) is 130 Å². The monoisotopic (exact) mass is 860 g/mol. The SMILES string of the molecule is Cc1cc(N(c2cc(C)c(C)c(C)c2)c2cc3oc4c(ccc5c4oc4cc(N(c6cc(C)c(C)c(C)c6)c6cc(C)c(C)c(C)c6)c6ccccc6c45)c3c3ccccc23)cc(C)c1C. The zero-order chi connectivity index (χ0) is 46.0. The number of aryl methyl sites for hydroxylation is 8. The summed E-state index contributed by atoms with van der Waals surface area (Å²) in [5.41, 5.74) is 25.2. The molecule has 0 unspecified atom stereocenters. The van der Waals surface area contributed by atoms with Crippen molar-refractivity contribution >= 4 is 99.5 Å². The summed E-state index contributed by atoms with van der Waals surface area (Å²) < 4.78 is 14.3. The molecule has 0 atom stereocenters. The summed E-state index contributed by atoms with van der Waals surface area (Å²) in [5.74, 6) is 0. The highest BCUT2D eigenvalue weighted by Gasteiger charge is 2.26. The van der Waals surface area contributed by atoms with Gasteiger partial charge in [0.25, 0.3) is 0 Å². The Hall–Kier alpha value is -7.30. The van der Waals surface area contributed by atoms with E-state index in [0.29, 0.717) is 0 Å². The maximum atomic E-state index is 7.17. The molecule has 11 rings (SSSR count). The molecule has 0 spiro atoms. The minimum Gasteiger partial charge on any atom is -0.452 e. The molecule has 0 amide bonds. The summed E-state index contributed by atoms with van der Waals surface area (Å²) in [4.78, 5) is 4.86. The molecule has 0 fully saturated rings. The molecule has 0 radical (unpaired) electrons. The van der Waals surface area contributed by atoms with E-state index in [4.69, 9.17) is 8.83 Å². The Balaban J connectivity index is 1.19. The fourth-order valence-corrected chi connectivity index (χ4v) is 10.6. The minimum absolute atomic E-state index is 0.758. The second-order valence-electron chi connectivity index (χ2n) is 19.1. The molecule has 4 heteroatoms. The van der Waals surface area contributed by atoms with E-state index in [1.807, 2.05) is 0 Å². The van der Waals surface area contributed by atoms with Gasteiger partial charge < -0.3 is 18.6 Å². The lowest BCUT2D eigenvalue weighted by molar-refractivity contribution is 0.633. The first kappa shape index (κ1) is 41.4. The Morgan fingerprint density at radius 2 is 0.545 bits per heavy atom. The van der Waals surface area contributed by atoms with Crippen molar-refractivity contribution in [1.82, 2.24) is 0 Å². The third-order valence-electron chi connectivity index (χ3n) is 15.2. The number of hydrogen-bond acceptors (Lipinski definition) is 4. The fraction of sp³-hybridized carbons (Fsp3) is 0.194. The van der Waals surface area contributed by atoms with Crippen molar-refractivity contribution in [3.8, 4) is 0 Å². The standard InChI is InChI=1S/C62H56N2O2/c1-33-23-45(24-34(2)41(33)9)63(46-25-35(3)42(10)36(4)26-46)55-31-57-59(51-19-15-13-17-49(51)55)53-21-22-54-60-52-20-16-14-18-50(52)56(32-58(60)66-62(54)61(53)65-57)64(47-27-37(5)43(11)38(6)28-47)48-29-39(7)44(12)40(8)30-48/h13-32H,1-12H3. The Morgan fingerprint density at radius 1 is 0.288 bits per heavy atom. The summed E-state index contributed by atoms with van der Waals surface area (Å²) >= 11 is 0. The van der Waals surface area contributed by atoms with Crippen LogP contribution in [0.1, 0.15) is 66.8 Å². The van der Waals surface area contributed by atoms with Crippen LogP contribution < -0.4 is 9.80 Å². The van der Waals surface area contributed by atoms with Gasteiger partial charge in [0.05, 0.1) is 11.4 Å². The van der Waals surface area contributed by atoms with E-state index in [1.165, 1.54) is 66.8 Å². The summed E-state index contributed by atoms with van der Waals surface area (Å²) in [5, 5.41) is 8.85. The lowest BCUT2D eigenvalue weighted by Gasteiger charge is -2.29. The van der Waals surface area contributed by atoms with Crippen molar-refractivity contribution in [2.75, 3.05) is 9.80 Å². The minimum atomic E-state index is 0.758. The van der Waals surface area contributed by atoms with Crippen LogP contribution in [0.3, 0.4) is 0 Å². The second kappa shape index (κ2) is 15.1. The number of nitrogens with zero attached hydrogens (tertiary/aromatic N) is 2. The molecule has 0 saturated heterocycles. The Kier molecular flexibility index (Phi) is 9.50. The molecule has 0 aliphatic rings. The number of hydrogen-bond donors (Lipinski definition) is 0. The van der Waals surface area contributed by atoms with Crippen LogP contribution in [-0.2, 0) is 0 Å². The number of furan rings is 2. The predicted octanol–water partition coefficient (Wildman–Crippen LogP) is 18.4. The molecule has 9 aromatic carbocycles. The van der Waals surface area contributed by atoms with Crippen molar-refractivity contribution in [2.24, 2.45) is 0 Å². The molecule has 4 nitrogen and oxygen atoms in total. The normalized spacial score (nSPS) is 11.9. The summed E-state index contributed by atoms with van der Waals surface area (Å²) in [6.45, 7) is 26.6. The maximum absolute atomic E-state index is 7.17. The van der Waals surface area contributed by atoms with Crippen molar-refractivity contribution in [3.05, 3.63) is 188 Å². The molecular weight excluding hydrogens is 805 g/mol. The molecule has 0 saturated carbocycles. The van der Waals surface area contributed by atoms with Crippen LogP contribution in [0.5, 0.6) is 0 Å². The van der Waals surface area contributed by atoms with Crippen LogP contribution in [0.2, 0.25) is 0 Å². The number of rotatable bonds is 6. The number of fused-ring (bicyclic) bond motifs is 11. The van der Waals surface area contributed by atoms with Gasteiger partial charge in [-0.3, -0.25) is 0 Å². The molecule has 0 N–H and O–H groups in total. The molecule has 326 valence electrons. The highest BCUT2D eigenvalue weighted by atomic mass is 16.4. The zero-order valence-corrected chi connectivity index (χ0v) is 40.3. The maximum Gasteiger partial charge on any atom is 0.178 e. The summed E-state index contributed by atoms with van der Waals surface area (Å²) in [6.07, 6.45) is 0. The van der Waals surface area contributed by atoms with Gasteiger partial charge in [0.15, 0.2) is 11.2 Å². The Morgan fingerprint density at radius 3 is 0.818 bits per heavy atom. The van der Waals surface area contributed by atoms with Gasteiger partial charge in [0, 0.05) is 67.2 Å². The van der Waals surface area contributed by atoms with Gasteiger partial charge >= 0.3 is 0 Å². The van der Waals surface area contributed by atoms with E-state index in [9.17, 15) is 0 Å². The fourth-order valence-electron chi connectivity index (χ4n) is 10.6. The first-order chi connectivity index (χ1) is 31.7. The van der Waals surface area contributed by atoms with Crippen LogP contribution in [0, 0.1) is 83.1 Å². The van der Waals surface area contributed by atoms with Gasteiger partial charge in [-0.25, -0.2) is 0 Å². The third kappa shape index (κ3) is 6.26. The molecule has 2 heterocycles. The number of anilines is 6. The van der Waals surface area contributed by atoms with E-state index in [1.54, 1.807) is 0 Å². The van der Waals surface area contributed by atoms with Gasteiger partial charge in [-0.05, 0) is 221 Å². The van der Waals surface area contributed by atoms with E-state index < -0.39 is 0 Å². The number of benzene rings is 9. The molecule has 0 aliphatic heterocycles. The smallest absolute Gasteiger partial charge is 0.178 e. The average molecular weight is 861 g/mol. The van der Waals surface area contributed by atoms with Crippen LogP contribution >= 0.6 is 0 Å². The van der Waals surface area contributed by atoms with Crippen molar-refractivity contribution in [1.29, 1.82) is 0 Å². The molecule has 2 aromatic heterocycles. The van der Waals surface area contributed by atoms with Gasteiger partial charge in [-0.15, -0.1) is 0 Å². The zero-order valence-electron chi connectivity index (χ0n) is 40.3. The lowest BCUT2D eigenvalue weighted by atomic mass is 9.97. The lowest BCUT2D eigenvalue weighted by Crippen LogP contribution is -2.12. The summed E-state index contributed by atoms with van der Waals surface area (Å²) in [7, 11) is 0. The van der Waals surface area contributed by atoms with Crippen molar-refractivity contribution < 1.29 is 8.83 Å². The van der Waals surface area contributed by atoms with Crippen LogP contribution in [0.4, 0.5) is 34.1 Å². The quantitative estimate of drug-likeness (QED) is 0.167. The third-order valence-corrected chi connectivity index (χ3v) is 15.2. The first-order valence-corrected chi connectivity index (χ1v) is 23.2. The molecule has 66 heavy (non-hydrogen) atoms. The molecule has 0 bridgehead atoms.